The molecule has 1 atom stereocenters. The van der Waals surface area contributed by atoms with Gasteiger partial charge in [-0.05, 0) is 49.1 Å². The summed E-state index contributed by atoms with van der Waals surface area (Å²) in [6, 6.07) is 15.6. The molecular formula is C34H45N3O8S. The van der Waals surface area contributed by atoms with Crippen LogP contribution >= 0.6 is 0 Å². The van der Waals surface area contributed by atoms with Gasteiger partial charge in [-0.15, -0.1) is 0 Å². The Bertz CT molecular complexity index is 1590. The van der Waals surface area contributed by atoms with Crippen LogP contribution in [0.15, 0.2) is 65.6 Å². The van der Waals surface area contributed by atoms with Crippen molar-refractivity contribution in [3.8, 4) is 23.0 Å². The highest BCUT2D eigenvalue weighted by Gasteiger charge is 2.35. The molecule has 0 saturated carbocycles. The molecule has 3 aromatic carbocycles. The number of nitrogens with one attached hydrogen (secondary N) is 1. The number of amides is 2. The maximum atomic E-state index is 14.5. The molecule has 0 saturated heterocycles. The molecule has 11 nitrogen and oxygen atoms in total. The zero-order valence-electron chi connectivity index (χ0n) is 27.8. The quantitative estimate of drug-likeness (QED) is 0.233. The van der Waals surface area contributed by atoms with Crippen LogP contribution in [0.1, 0.15) is 38.3 Å². The number of carbonyl (C=O) groups is 2. The van der Waals surface area contributed by atoms with E-state index in [0.717, 1.165) is 15.4 Å². The van der Waals surface area contributed by atoms with Crippen molar-refractivity contribution in [2.45, 2.75) is 51.6 Å². The highest BCUT2D eigenvalue weighted by molar-refractivity contribution is 7.92. The first-order valence-corrected chi connectivity index (χ1v) is 16.4. The van der Waals surface area contributed by atoms with E-state index in [1.165, 1.54) is 57.6 Å². The maximum absolute atomic E-state index is 14.5. The van der Waals surface area contributed by atoms with Gasteiger partial charge in [0.1, 0.15) is 24.1 Å². The van der Waals surface area contributed by atoms with E-state index in [2.05, 4.69) is 5.32 Å². The van der Waals surface area contributed by atoms with Gasteiger partial charge in [0.05, 0.1) is 39.0 Å². The minimum Gasteiger partial charge on any atom is -0.497 e. The summed E-state index contributed by atoms with van der Waals surface area (Å²) >= 11 is 0. The van der Waals surface area contributed by atoms with E-state index >= 15 is 0 Å². The topological polar surface area (TPSA) is 124 Å². The minimum atomic E-state index is -4.44. The van der Waals surface area contributed by atoms with Gasteiger partial charge in [0, 0.05) is 25.2 Å². The third-order valence-corrected chi connectivity index (χ3v) is 9.18. The van der Waals surface area contributed by atoms with Gasteiger partial charge in [-0.3, -0.25) is 13.9 Å². The van der Waals surface area contributed by atoms with E-state index in [0.29, 0.717) is 24.5 Å². The third kappa shape index (κ3) is 8.63. The Morgan fingerprint density at radius 3 is 2.02 bits per heavy atom. The van der Waals surface area contributed by atoms with Gasteiger partial charge in [-0.2, -0.15) is 0 Å². The second kappa shape index (κ2) is 16.2. The van der Waals surface area contributed by atoms with Gasteiger partial charge in [0.2, 0.25) is 11.8 Å². The number of hydrogen-bond donors (Lipinski definition) is 1. The molecule has 0 spiro atoms. The Labute approximate surface area is 272 Å². The predicted octanol–water partition coefficient (Wildman–Crippen LogP) is 4.80. The summed E-state index contributed by atoms with van der Waals surface area (Å²) in [5.74, 6) is 0.388. The Kier molecular flexibility index (Phi) is 12.7. The van der Waals surface area contributed by atoms with Crippen LogP contribution in [0.4, 0.5) is 5.69 Å². The molecule has 3 rings (SSSR count). The maximum Gasteiger partial charge on any atom is 0.265 e. The molecule has 0 aliphatic rings. The summed E-state index contributed by atoms with van der Waals surface area (Å²) in [6.07, 6.45) is 0.312. The summed E-state index contributed by atoms with van der Waals surface area (Å²) in [4.78, 5) is 29.2. The lowest BCUT2D eigenvalue weighted by atomic mass is 10.1. The van der Waals surface area contributed by atoms with Crippen LogP contribution in [0.5, 0.6) is 23.0 Å². The molecule has 2 amide bonds. The fraction of sp³-hybridized carbons (Fsp3) is 0.412. The first kappa shape index (κ1) is 36.0. The smallest absolute Gasteiger partial charge is 0.265 e. The number of nitrogens with zero attached hydrogens (tertiary/aromatic N) is 2. The molecule has 0 aromatic heterocycles. The molecule has 0 aliphatic heterocycles. The van der Waals surface area contributed by atoms with Crippen molar-refractivity contribution < 1.29 is 37.0 Å². The zero-order chi connectivity index (χ0) is 34.0. The van der Waals surface area contributed by atoms with Crippen molar-refractivity contribution in [2.75, 3.05) is 45.8 Å². The summed E-state index contributed by atoms with van der Waals surface area (Å²) in [5.41, 5.74) is 1.92. The van der Waals surface area contributed by atoms with Crippen molar-refractivity contribution in [3.63, 3.8) is 0 Å². The number of carbonyl (C=O) groups excluding carboxylic acids is 2. The number of hydrogen-bond acceptors (Lipinski definition) is 8. The van der Waals surface area contributed by atoms with Crippen LogP contribution in [0.3, 0.4) is 0 Å². The van der Waals surface area contributed by atoms with E-state index < -0.39 is 28.5 Å². The van der Waals surface area contributed by atoms with Crippen LogP contribution in [0, 0.1) is 12.8 Å². The lowest BCUT2D eigenvalue weighted by Crippen LogP contribution is -2.52. The monoisotopic (exact) mass is 655 g/mol. The first-order valence-electron chi connectivity index (χ1n) is 15.0. The largest absolute Gasteiger partial charge is 0.497 e. The van der Waals surface area contributed by atoms with Crippen molar-refractivity contribution >= 4 is 27.5 Å². The Morgan fingerprint density at radius 1 is 0.826 bits per heavy atom. The average Bonchev–Trinajstić information content (AvgIpc) is 3.05. The standard InChI is InChI=1S/C34H45N3O8S/c1-9-28(34(39)35-20-23(2)3)36(21-25-12-10-24(4)11-13-25)33(38)22-37(29-18-26(42-5)14-16-30(29)43-6)46(40,41)27-15-17-31(44-7)32(19-27)45-8/h10-19,23,28H,9,20-22H2,1-8H3,(H,35,39). The number of methoxy groups -OCH3 is 4. The van der Waals surface area contributed by atoms with Crippen LogP contribution < -0.4 is 28.6 Å². The molecule has 250 valence electrons. The predicted molar refractivity (Wildman–Crippen MR) is 177 cm³/mol. The molecule has 46 heavy (non-hydrogen) atoms. The van der Waals surface area contributed by atoms with Crippen LogP contribution in [-0.4, -0.2) is 72.7 Å². The highest BCUT2D eigenvalue weighted by Crippen LogP contribution is 2.38. The molecule has 0 heterocycles. The van der Waals surface area contributed by atoms with E-state index in [-0.39, 0.29) is 40.5 Å². The number of anilines is 1. The molecule has 0 radical (unpaired) electrons. The molecule has 0 fully saturated rings. The van der Waals surface area contributed by atoms with Crippen LogP contribution in [0.2, 0.25) is 0 Å². The number of ether oxygens (including phenoxy) is 4. The second-order valence-corrected chi connectivity index (χ2v) is 13.0. The van der Waals surface area contributed by atoms with Gasteiger partial charge in [0.25, 0.3) is 10.0 Å². The fourth-order valence-corrected chi connectivity index (χ4v) is 6.27. The summed E-state index contributed by atoms with van der Waals surface area (Å²) < 4.78 is 51.5. The number of benzene rings is 3. The number of sulfonamides is 1. The molecule has 1 N–H and O–H groups in total. The molecule has 0 bridgehead atoms. The highest BCUT2D eigenvalue weighted by atomic mass is 32.2. The fourth-order valence-electron chi connectivity index (χ4n) is 4.84. The Morgan fingerprint density at radius 2 is 1.46 bits per heavy atom. The van der Waals surface area contributed by atoms with E-state index in [1.54, 1.807) is 12.1 Å². The van der Waals surface area contributed by atoms with Crippen molar-refractivity contribution in [1.29, 1.82) is 0 Å². The first-order chi connectivity index (χ1) is 21.9. The van der Waals surface area contributed by atoms with Crippen molar-refractivity contribution in [3.05, 3.63) is 71.8 Å². The number of rotatable bonds is 16. The molecule has 0 aliphatic carbocycles. The van der Waals surface area contributed by atoms with E-state index in [9.17, 15) is 18.0 Å². The second-order valence-electron chi connectivity index (χ2n) is 11.1. The summed E-state index contributed by atoms with van der Waals surface area (Å²) in [5, 5.41) is 2.93. The molecule has 12 heteroatoms. The third-order valence-electron chi connectivity index (χ3n) is 7.42. The molecule has 3 aromatic rings. The Hall–Kier alpha value is -4.45. The van der Waals surface area contributed by atoms with Gasteiger partial charge in [-0.25, -0.2) is 8.42 Å². The summed E-state index contributed by atoms with van der Waals surface area (Å²) in [6.45, 7) is 7.62. The van der Waals surface area contributed by atoms with Gasteiger partial charge < -0.3 is 29.2 Å². The SMILES string of the molecule is CCC(C(=O)NCC(C)C)N(Cc1ccc(C)cc1)C(=O)CN(c1cc(OC)ccc1OC)S(=O)(=O)c1ccc(OC)c(OC)c1. The van der Waals surface area contributed by atoms with Crippen LogP contribution in [0.25, 0.3) is 0 Å². The van der Waals surface area contributed by atoms with Gasteiger partial charge >= 0.3 is 0 Å². The van der Waals surface area contributed by atoms with E-state index in [1.807, 2.05) is 52.0 Å². The molecule has 1 unspecified atom stereocenters. The van der Waals surface area contributed by atoms with Gasteiger partial charge in [-0.1, -0.05) is 50.6 Å². The number of aryl methyl sites for hydroxylation is 1. The normalized spacial score (nSPS) is 11.8. The minimum absolute atomic E-state index is 0.0811. The molecular weight excluding hydrogens is 610 g/mol. The Balaban J connectivity index is 2.18. The van der Waals surface area contributed by atoms with Crippen LogP contribution in [-0.2, 0) is 26.2 Å². The lowest BCUT2D eigenvalue weighted by molar-refractivity contribution is -0.140. The van der Waals surface area contributed by atoms with Crippen molar-refractivity contribution in [1.82, 2.24) is 10.2 Å². The van der Waals surface area contributed by atoms with Gasteiger partial charge in [0.15, 0.2) is 11.5 Å². The average molecular weight is 656 g/mol. The zero-order valence-corrected chi connectivity index (χ0v) is 28.6. The van der Waals surface area contributed by atoms with E-state index in [4.69, 9.17) is 18.9 Å². The summed E-state index contributed by atoms with van der Waals surface area (Å²) in [7, 11) is 1.27. The lowest BCUT2D eigenvalue weighted by Gasteiger charge is -2.33. The van der Waals surface area contributed by atoms with Crippen molar-refractivity contribution in [2.24, 2.45) is 5.92 Å².